The molecule has 0 spiro atoms. The average molecular weight is 264 g/mol. The van der Waals surface area contributed by atoms with Crippen molar-refractivity contribution >= 4 is 11.3 Å². The molecule has 2 fully saturated rings. The van der Waals surface area contributed by atoms with Gasteiger partial charge in [-0.2, -0.15) is 0 Å². The van der Waals surface area contributed by atoms with E-state index in [0.29, 0.717) is 12.1 Å². The van der Waals surface area contributed by atoms with Crippen LogP contribution in [0.1, 0.15) is 43.5 Å². The van der Waals surface area contributed by atoms with Crippen molar-refractivity contribution in [2.24, 2.45) is 17.6 Å². The zero-order valence-corrected chi connectivity index (χ0v) is 12.0. The summed E-state index contributed by atoms with van der Waals surface area (Å²) >= 11 is 1.90. The molecular formula is C15H24N2S. The largest absolute Gasteiger partial charge is 0.327 e. The predicted octanol–water partition coefficient (Wildman–Crippen LogP) is 3.26. The van der Waals surface area contributed by atoms with Gasteiger partial charge in [-0.05, 0) is 42.5 Å². The molecular weight excluding hydrogens is 240 g/mol. The van der Waals surface area contributed by atoms with E-state index in [1.807, 2.05) is 11.3 Å². The molecule has 4 unspecified atom stereocenters. The summed E-state index contributed by atoms with van der Waals surface area (Å²) in [6.45, 7) is 4.81. The second-order valence-corrected chi connectivity index (χ2v) is 6.89. The minimum absolute atomic E-state index is 0.453. The molecule has 1 saturated carbocycles. The number of nitrogens with two attached hydrogens (primary N) is 1. The fourth-order valence-electron chi connectivity index (χ4n) is 3.93. The van der Waals surface area contributed by atoms with Crippen LogP contribution >= 0.6 is 11.3 Å². The van der Waals surface area contributed by atoms with E-state index < -0.39 is 0 Å². The van der Waals surface area contributed by atoms with Gasteiger partial charge in [-0.15, -0.1) is 11.3 Å². The number of thiophene rings is 1. The Bertz CT molecular complexity index is 376. The first-order chi connectivity index (χ1) is 8.79. The second-order valence-electron chi connectivity index (χ2n) is 5.91. The molecule has 2 aliphatic rings. The zero-order valence-electron chi connectivity index (χ0n) is 11.2. The molecule has 3 rings (SSSR count). The standard InChI is InChI=1S/C15H24N2S/c1-2-14(15-7-4-8-18-15)17-9-11-5-3-6-13(16)12(11)10-17/h4,7-8,11-14H,2-3,5-6,9-10,16H2,1H3. The van der Waals surface area contributed by atoms with Crippen LogP contribution in [-0.4, -0.2) is 24.0 Å². The summed E-state index contributed by atoms with van der Waals surface area (Å²) in [6, 6.07) is 5.55. The molecule has 0 amide bonds. The molecule has 3 heteroatoms. The Hall–Kier alpha value is -0.380. The van der Waals surface area contributed by atoms with Gasteiger partial charge in [0.15, 0.2) is 0 Å². The van der Waals surface area contributed by atoms with Crippen molar-refractivity contribution in [2.45, 2.75) is 44.7 Å². The van der Waals surface area contributed by atoms with E-state index >= 15 is 0 Å². The molecule has 1 aromatic rings. The monoisotopic (exact) mass is 264 g/mol. The van der Waals surface area contributed by atoms with Crippen LogP contribution in [0.4, 0.5) is 0 Å². The van der Waals surface area contributed by atoms with Crippen molar-refractivity contribution < 1.29 is 0 Å². The molecule has 0 radical (unpaired) electrons. The highest BCUT2D eigenvalue weighted by Crippen LogP contribution is 2.40. The first-order valence-corrected chi connectivity index (χ1v) is 8.20. The number of hydrogen-bond acceptors (Lipinski definition) is 3. The minimum Gasteiger partial charge on any atom is -0.327 e. The van der Waals surface area contributed by atoms with Gasteiger partial charge in [0, 0.05) is 30.1 Å². The van der Waals surface area contributed by atoms with E-state index in [1.165, 1.54) is 43.6 Å². The average Bonchev–Trinajstić information content (AvgIpc) is 3.00. The fraction of sp³-hybridized carbons (Fsp3) is 0.733. The molecule has 1 aliphatic carbocycles. The molecule has 0 aromatic carbocycles. The van der Waals surface area contributed by atoms with Crippen LogP contribution in [0.5, 0.6) is 0 Å². The summed E-state index contributed by atoms with van der Waals surface area (Å²) in [5.74, 6) is 1.62. The number of likely N-dealkylation sites (tertiary alicyclic amines) is 1. The van der Waals surface area contributed by atoms with Crippen molar-refractivity contribution in [3.8, 4) is 0 Å². The maximum Gasteiger partial charge on any atom is 0.0439 e. The SMILES string of the molecule is CCC(c1cccs1)N1CC2CCCC(N)C2C1. The topological polar surface area (TPSA) is 29.3 Å². The summed E-state index contributed by atoms with van der Waals surface area (Å²) in [4.78, 5) is 4.23. The number of rotatable bonds is 3. The van der Waals surface area contributed by atoms with E-state index in [4.69, 9.17) is 5.73 Å². The van der Waals surface area contributed by atoms with Gasteiger partial charge >= 0.3 is 0 Å². The summed E-state index contributed by atoms with van der Waals surface area (Å²) in [5.41, 5.74) is 6.32. The Kier molecular flexibility index (Phi) is 3.73. The third-order valence-electron chi connectivity index (χ3n) is 4.88. The number of fused-ring (bicyclic) bond motifs is 1. The molecule has 1 aliphatic heterocycles. The molecule has 1 saturated heterocycles. The number of hydrogen-bond donors (Lipinski definition) is 1. The lowest BCUT2D eigenvalue weighted by Gasteiger charge is -2.30. The van der Waals surface area contributed by atoms with Crippen molar-refractivity contribution in [1.82, 2.24) is 4.90 Å². The van der Waals surface area contributed by atoms with Gasteiger partial charge in [-0.1, -0.05) is 19.4 Å². The van der Waals surface area contributed by atoms with Gasteiger partial charge in [0.2, 0.25) is 0 Å². The molecule has 100 valence electrons. The van der Waals surface area contributed by atoms with Crippen molar-refractivity contribution in [1.29, 1.82) is 0 Å². The zero-order chi connectivity index (χ0) is 12.5. The lowest BCUT2D eigenvalue weighted by molar-refractivity contribution is 0.228. The van der Waals surface area contributed by atoms with Gasteiger partial charge < -0.3 is 5.73 Å². The molecule has 0 bridgehead atoms. The highest BCUT2D eigenvalue weighted by Gasteiger charge is 2.40. The maximum absolute atomic E-state index is 6.32. The Balaban J connectivity index is 1.74. The minimum atomic E-state index is 0.453. The van der Waals surface area contributed by atoms with Gasteiger partial charge in [-0.25, -0.2) is 0 Å². The van der Waals surface area contributed by atoms with Crippen LogP contribution in [0.3, 0.4) is 0 Å². The molecule has 18 heavy (non-hydrogen) atoms. The van der Waals surface area contributed by atoms with Gasteiger partial charge in [0.05, 0.1) is 0 Å². The van der Waals surface area contributed by atoms with Gasteiger partial charge in [0.25, 0.3) is 0 Å². The van der Waals surface area contributed by atoms with Gasteiger partial charge in [-0.3, -0.25) is 4.90 Å². The first kappa shape index (κ1) is 12.6. The van der Waals surface area contributed by atoms with E-state index in [-0.39, 0.29) is 0 Å². The Labute approximate surface area is 114 Å². The molecule has 1 aromatic heterocycles. The second kappa shape index (κ2) is 5.32. The molecule has 2 N–H and O–H groups in total. The Morgan fingerprint density at radius 2 is 2.33 bits per heavy atom. The van der Waals surface area contributed by atoms with E-state index in [2.05, 4.69) is 29.3 Å². The highest BCUT2D eigenvalue weighted by atomic mass is 32.1. The smallest absolute Gasteiger partial charge is 0.0439 e. The Morgan fingerprint density at radius 3 is 3.00 bits per heavy atom. The maximum atomic E-state index is 6.32. The van der Waals surface area contributed by atoms with Crippen LogP contribution in [0.25, 0.3) is 0 Å². The van der Waals surface area contributed by atoms with E-state index in [1.54, 1.807) is 0 Å². The summed E-state index contributed by atoms with van der Waals surface area (Å²) in [5, 5.41) is 2.20. The summed E-state index contributed by atoms with van der Waals surface area (Å²) < 4.78 is 0. The lowest BCUT2D eigenvalue weighted by Crippen LogP contribution is -2.38. The van der Waals surface area contributed by atoms with E-state index in [9.17, 15) is 0 Å². The van der Waals surface area contributed by atoms with Crippen LogP contribution in [0.15, 0.2) is 17.5 Å². The molecule has 2 heterocycles. The van der Waals surface area contributed by atoms with Crippen molar-refractivity contribution in [2.75, 3.05) is 13.1 Å². The highest BCUT2D eigenvalue weighted by molar-refractivity contribution is 7.10. The van der Waals surface area contributed by atoms with Crippen LogP contribution < -0.4 is 5.73 Å². The predicted molar refractivity (Wildman–Crippen MR) is 77.7 cm³/mol. The molecule has 4 atom stereocenters. The van der Waals surface area contributed by atoms with Crippen molar-refractivity contribution in [3.63, 3.8) is 0 Å². The summed E-state index contributed by atoms with van der Waals surface area (Å²) in [7, 11) is 0. The summed E-state index contributed by atoms with van der Waals surface area (Å²) in [6.07, 6.45) is 5.20. The van der Waals surface area contributed by atoms with Crippen LogP contribution in [-0.2, 0) is 0 Å². The van der Waals surface area contributed by atoms with Crippen LogP contribution in [0, 0.1) is 11.8 Å². The normalized spacial score (nSPS) is 34.4. The fourth-order valence-corrected chi connectivity index (χ4v) is 4.87. The molecule has 2 nitrogen and oxygen atoms in total. The first-order valence-electron chi connectivity index (χ1n) is 7.32. The van der Waals surface area contributed by atoms with Gasteiger partial charge in [0.1, 0.15) is 0 Å². The quantitative estimate of drug-likeness (QED) is 0.908. The number of nitrogens with zero attached hydrogens (tertiary/aromatic N) is 1. The third-order valence-corrected chi connectivity index (χ3v) is 5.85. The Morgan fingerprint density at radius 1 is 1.44 bits per heavy atom. The van der Waals surface area contributed by atoms with E-state index in [0.717, 1.165) is 11.8 Å². The van der Waals surface area contributed by atoms with Crippen molar-refractivity contribution in [3.05, 3.63) is 22.4 Å². The third kappa shape index (κ3) is 2.24. The van der Waals surface area contributed by atoms with Crippen LogP contribution in [0.2, 0.25) is 0 Å². The lowest BCUT2D eigenvalue weighted by atomic mass is 9.78.